The van der Waals surface area contributed by atoms with Crippen molar-refractivity contribution in [3.63, 3.8) is 0 Å². The summed E-state index contributed by atoms with van der Waals surface area (Å²) in [6.45, 7) is 0. The van der Waals surface area contributed by atoms with E-state index >= 15 is 0 Å². The van der Waals surface area contributed by atoms with Gasteiger partial charge in [0.25, 0.3) is 0 Å². The molecule has 14 heavy (non-hydrogen) atoms. The second kappa shape index (κ2) is 4.81. The van der Waals surface area contributed by atoms with Gasteiger partial charge in [0.1, 0.15) is 0 Å². The van der Waals surface area contributed by atoms with E-state index in [9.17, 15) is 4.79 Å². The number of nitrogens with zero attached hydrogens (tertiary/aromatic N) is 1. The Morgan fingerprint density at radius 3 is 2.71 bits per heavy atom. The molecule has 1 aromatic rings. The molecule has 0 spiro atoms. The van der Waals surface area contributed by atoms with Crippen LogP contribution in [0.2, 0.25) is 0 Å². The fraction of sp³-hybridized carbons (Fsp3) is 0.333. The molecule has 76 valence electrons. The summed E-state index contributed by atoms with van der Waals surface area (Å²) in [7, 11) is 2.79. The maximum atomic E-state index is 11.2. The number of aromatic nitrogens is 1. The molecular formula is C9H10ClNO3. The van der Waals surface area contributed by atoms with Crippen LogP contribution in [0.4, 0.5) is 0 Å². The van der Waals surface area contributed by atoms with Crippen LogP contribution in [0, 0.1) is 0 Å². The minimum Gasteiger partial charge on any atom is -0.481 e. The van der Waals surface area contributed by atoms with Gasteiger partial charge in [-0.05, 0) is 6.07 Å². The number of carbonyl (C=O) groups excluding carboxylic acids is 1. The first-order valence-corrected chi connectivity index (χ1v) is 4.44. The zero-order valence-corrected chi connectivity index (χ0v) is 8.67. The van der Waals surface area contributed by atoms with Gasteiger partial charge in [0.2, 0.25) is 5.88 Å². The van der Waals surface area contributed by atoms with Crippen LogP contribution in [0.1, 0.15) is 16.1 Å². The van der Waals surface area contributed by atoms with E-state index in [-0.39, 0.29) is 5.88 Å². The van der Waals surface area contributed by atoms with Crippen LogP contribution in [-0.4, -0.2) is 25.2 Å². The lowest BCUT2D eigenvalue weighted by Gasteiger charge is -2.04. The van der Waals surface area contributed by atoms with E-state index in [1.165, 1.54) is 20.3 Å². The number of methoxy groups -OCH3 is 2. The van der Waals surface area contributed by atoms with Crippen molar-refractivity contribution >= 4 is 17.6 Å². The highest BCUT2D eigenvalue weighted by molar-refractivity contribution is 6.17. The number of esters is 1. The van der Waals surface area contributed by atoms with Crippen LogP contribution in [0.15, 0.2) is 12.1 Å². The van der Waals surface area contributed by atoms with E-state index in [1.807, 2.05) is 0 Å². The first-order valence-electron chi connectivity index (χ1n) is 3.90. The van der Waals surface area contributed by atoms with Crippen molar-refractivity contribution in [3.05, 3.63) is 23.4 Å². The van der Waals surface area contributed by atoms with Gasteiger partial charge in [0, 0.05) is 6.07 Å². The first-order chi connectivity index (χ1) is 6.71. The molecule has 0 aliphatic rings. The number of carbonyl (C=O) groups is 1. The smallest absolute Gasteiger partial charge is 0.338 e. The third kappa shape index (κ3) is 2.35. The SMILES string of the molecule is COC(=O)c1cc(CCl)nc(OC)c1. The van der Waals surface area contributed by atoms with E-state index in [1.54, 1.807) is 6.07 Å². The van der Waals surface area contributed by atoms with Gasteiger partial charge >= 0.3 is 5.97 Å². The van der Waals surface area contributed by atoms with Crippen molar-refractivity contribution in [3.8, 4) is 5.88 Å². The molecular weight excluding hydrogens is 206 g/mol. The summed E-state index contributed by atoms with van der Waals surface area (Å²) in [4.78, 5) is 15.2. The lowest BCUT2D eigenvalue weighted by atomic mass is 10.2. The second-order valence-electron chi connectivity index (χ2n) is 2.51. The fourth-order valence-electron chi connectivity index (χ4n) is 0.969. The minimum atomic E-state index is -0.433. The molecule has 0 amide bonds. The highest BCUT2D eigenvalue weighted by Gasteiger charge is 2.09. The molecule has 0 aliphatic heterocycles. The normalized spacial score (nSPS) is 9.64. The summed E-state index contributed by atoms with van der Waals surface area (Å²) in [6.07, 6.45) is 0. The van der Waals surface area contributed by atoms with E-state index in [2.05, 4.69) is 9.72 Å². The molecule has 0 N–H and O–H groups in total. The highest BCUT2D eigenvalue weighted by Crippen LogP contribution is 2.14. The standard InChI is InChI=1S/C9H10ClNO3/c1-13-8-4-6(9(12)14-2)3-7(5-10)11-8/h3-4H,5H2,1-2H3. The molecule has 0 bridgehead atoms. The number of hydrogen-bond acceptors (Lipinski definition) is 4. The Balaban J connectivity index is 3.10. The number of ether oxygens (including phenoxy) is 2. The Hall–Kier alpha value is -1.29. The van der Waals surface area contributed by atoms with Crippen molar-refractivity contribution in [2.75, 3.05) is 14.2 Å². The van der Waals surface area contributed by atoms with E-state index in [0.717, 1.165) is 0 Å². The Kier molecular flexibility index (Phi) is 3.71. The largest absolute Gasteiger partial charge is 0.481 e. The van der Waals surface area contributed by atoms with Crippen molar-refractivity contribution in [1.82, 2.24) is 4.98 Å². The zero-order valence-electron chi connectivity index (χ0n) is 7.91. The van der Waals surface area contributed by atoms with Gasteiger partial charge in [-0.2, -0.15) is 0 Å². The summed E-state index contributed by atoms with van der Waals surface area (Å²) in [5, 5.41) is 0. The molecule has 0 saturated carbocycles. The van der Waals surface area contributed by atoms with Gasteiger partial charge in [-0.3, -0.25) is 0 Å². The fourth-order valence-corrected chi connectivity index (χ4v) is 1.11. The number of hydrogen-bond donors (Lipinski definition) is 0. The topological polar surface area (TPSA) is 48.4 Å². The molecule has 0 saturated heterocycles. The van der Waals surface area contributed by atoms with Gasteiger partial charge < -0.3 is 9.47 Å². The molecule has 1 rings (SSSR count). The lowest BCUT2D eigenvalue weighted by molar-refractivity contribution is 0.0600. The molecule has 0 atom stereocenters. The Morgan fingerprint density at radius 1 is 1.50 bits per heavy atom. The Morgan fingerprint density at radius 2 is 2.21 bits per heavy atom. The summed E-state index contributed by atoms with van der Waals surface area (Å²) in [5.41, 5.74) is 0.960. The molecule has 0 radical (unpaired) electrons. The summed E-state index contributed by atoms with van der Waals surface area (Å²) in [6, 6.07) is 3.07. The Bertz CT molecular complexity index is 319. The van der Waals surface area contributed by atoms with E-state index < -0.39 is 5.97 Å². The molecule has 0 aromatic carbocycles. The van der Waals surface area contributed by atoms with Crippen LogP contribution >= 0.6 is 11.6 Å². The number of pyridine rings is 1. The minimum absolute atomic E-state index is 0.223. The van der Waals surface area contributed by atoms with Crippen LogP contribution in [0.25, 0.3) is 0 Å². The summed E-state index contributed by atoms with van der Waals surface area (Å²) in [5.74, 6) is 0.141. The van der Waals surface area contributed by atoms with E-state index in [0.29, 0.717) is 17.1 Å². The molecule has 1 aromatic heterocycles. The maximum absolute atomic E-state index is 11.2. The monoisotopic (exact) mass is 215 g/mol. The van der Waals surface area contributed by atoms with Crippen molar-refractivity contribution in [1.29, 1.82) is 0 Å². The quantitative estimate of drug-likeness (QED) is 0.568. The molecule has 5 heteroatoms. The predicted octanol–water partition coefficient (Wildman–Crippen LogP) is 1.62. The zero-order chi connectivity index (χ0) is 10.6. The van der Waals surface area contributed by atoms with E-state index in [4.69, 9.17) is 16.3 Å². The van der Waals surface area contributed by atoms with Crippen molar-refractivity contribution in [2.24, 2.45) is 0 Å². The predicted molar refractivity (Wildman–Crippen MR) is 51.7 cm³/mol. The summed E-state index contributed by atoms with van der Waals surface area (Å²) < 4.78 is 9.48. The third-order valence-corrected chi connectivity index (χ3v) is 1.90. The average Bonchev–Trinajstić information content (AvgIpc) is 2.27. The number of alkyl halides is 1. The average molecular weight is 216 g/mol. The number of rotatable bonds is 3. The van der Waals surface area contributed by atoms with Gasteiger partial charge in [0.15, 0.2) is 0 Å². The molecule has 0 aliphatic carbocycles. The first kappa shape index (κ1) is 10.8. The third-order valence-electron chi connectivity index (χ3n) is 1.62. The van der Waals surface area contributed by atoms with Crippen molar-refractivity contribution in [2.45, 2.75) is 5.88 Å². The maximum Gasteiger partial charge on any atom is 0.338 e. The van der Waals surface area contributed by atoms with Crippen LogP contribution < -0.4 is 4.74 Å². The molecule has 4 nitrogen and oxygen atoms in total. The van der Waals surface area contributed by atoms with Crippen LogP contribution in [0.3, 0.4) is 0 Å². The molecule has 0 fully saturated rings. The van der Waals surface area contributed by atoms with Crippen LogP contribution in [-0.2, 0) is 10.6 Å². The lowest BCUT2D eigenvalue weighted by Crippen LogP contribution is -2.04. The van der Waals surface area contributed by atoms with Gasteiger partial charge in [-0.15, -0.1) is 11.6 Å². The van der Waals surface area contributed by atoms with Crippen molar-refractivity contribution < 1.29 is 14.3 Å². The molecule has 0 unspecified atom stereocenters. The van der Waals surface area contributed by atoms with Gasteiger partial charge in [-0.1, -0.05) is 0 Å². The van der Waals surface area contributed by atoms with Crippen LogP contribution in [0.5, 0.6) is 5.88 Å². The van der Waals surface area contributed by atoms with Gasteiger partial charge in [-0.25, -0.2) is 9.78 Å². The number of halogens is 1. The highest BCUT2D eigenvalue weighted by atomic mass is 35.5. The molecule has 1 heterocycles. The second-order valence-corrected chi connectivity index (χ2v) is 2.78. The summed E-state index contributed by atoms with van der Waals surface area (Å²) >= 11 is 5.61. The van der Waals surface area contributed by atoms with Gasteiger partial charge in [0.05, 0.1) is 31.4 Å². The Labute approximate surface area is 86.8 Å².